The van der Waals surface area contributed by atoms with Crippen molar-refractivity contribution in [3.63, 3.8) is 0 Å². The summed E-state index contributed by atoms with van der Waals surface area (Å²) in [6.45, 7) is 2.16. The SMILES string of the molecule is CC(=O)N(O)CCC[C@H](NC(=O)[C@@H](NC(=O)c1cccc(O)c1O)C(C)O)C(=O)O. The molecule has 0 aliphatic carbocycles. The minimum Gasteiger partial charge on any atom is -0.504 e. The monoisotopic (exact) mass is 427 g/mol. The van der Waals surface area contributed by atoms with Crippen LogP contribution in [0.15, 0.2) is 18.2 Å². The highest BCUT2D eigenvalue weighted by molar-refractivity contribution is 6.00. The topological polar surface area (TPSA) is 197 Å². The van der Waals surface area contributed by atoms with Gasteiger partial charge in [0.15, 0.2) is 11.5 Å². The number of carbonyl (C=O) groups is 4. The lowest BCUT2D eigenvalue weighted by atomic mass is 10.1. The molecule has 1 aromatic carbocycles. The normalized spacial score (nSPS) is 13.6. The molecule has 0 bridgehead atoms. The molecule has 1 unspecified atom stereocenters. The van der Waals surface area contributed by atoms with Crippen LogP contribution >= 0.6 is 0 Å². The first-order valence-corrected chi connectivity index (χ1v) is 8.95. The van der Waals surface area contributed by atoms with Crippen molar-refractivity contribution in [1.29, 1.82) is 0 Å². The summed E-state index contributed by atoms with van der Waals surface area (Å²) in [5.74, 6) is -5.28. The van der Waals surface area contributed by atoms with E-state index in [1.807, 2.05) is 0 Å². The number of aliphatic hydroxyl groups excluding tert-OH is 1. The number of phenolic OH excluding ortho intramolecular Hbond substituents is 2. The second kappa shape index (κ2) is 11.0. The Kier molecular flexibility index (Phi) is 9.02. The van der Waals surface area contributed by atoms with E-state index in [0.717, 1.165) is 13.0 Å². The predicted octanol–water partition coefficient (Wildman–Crippen LogP) is -0.836. The van der Waals surface area contributed by atoms with Gasteiger partial charge in [-0.1, -0.05) is 6.07 Å². The number of aromatic hydroxyl groups is 2. The Bertz CT molecular complexity index is 797. The molecule has 12 nitrogen and oxygen atoms in total. The Morgan fingerprint density at radius 3 is 2.30 bits per heavy atom. The van der Waals surface area contributed by atoms with Crippen molar-refractivity contribution in [3.8, 4) is 11.5 Å². The molecule has 0 aromatic heterocycles. The average molecular weight is 427 g/mol. The Morgan fingerprint density at radius 2 is 1.77 bits per heavy atom. The molecule has 0 heterocycles. The zero-order valence-corrected chi connectivity index (χ0v) is 16.4. The molecule has 30 heavy (non-hydrogen) atoms. The van der Waals surface area contributed by atoms with E-state index in [2.05, 4.69) is 10.6 Å². The molecule has 0 aliphatic rings. The number of carboxylic acids is 1. The number of aliphatic hydroxyl groups is 1. The summed E-state index contributed by atoms with van der Waals surface area (Å²) in [6.07, 6.45) is -1.51. The number of carboxylic acid groups (broad SMARTS) is 1. The third-order valence-corrected chi connectivity index (χ3v) is 4.15. The third-order valence-electron chi connectivity index (χ3n) is 4.15. The number of amides is 3. The van der Waals surface area contributed by atoms with E-state index in [4.69, 9.17) is 0 Å². The lowest BCUT2D eigenvalue weighted by Gasteiger charge is -2.24. The molecule has 1 rings (SSSR count). The van der Waals surface area contributed by atoms with Crippen LogP contribution in [0.3, 0.4) is 0 Å². The molecule has 7 N–H and O–H groups in total. The summed E-state index contributed by atoms with van der Waals surface area (Å²) in [4.78, 5) is 47.1. The van der Waals surface area contributed by atoms with Crippen molar-refractivity contribution in [2.24, 2.45) is 0 Å². The molecule has 0 radical (unpaired) electrons. The van der Waals surface area contributed by atoms with Crippen molar-refractivity contribution in [3.05, 3.63) is 23.8 Å². The Labute approximate surface area is 171 Å². The minimum atomic E-state index is -1.56. The summed E-state index contributed by atoms with van der Waals surface area (Å²) in [5.41, 5.74) is -0.351. The number of rotatable bonds is 10. The van der Waals surface area contributed by atoms with Crippen LogP contribution < -0.4 is 10.6 Å². The molecule has 1 aromatic rings. The number of hydrogen-bond acceptors (Lipinski definition) is 8. The number of hydroxylamine groups is 2. The second-order valence-electron chi connectivity index (χ2n) is 6.55. The predicted molar refractivity (Wildman–Crippen MR) is 101 cm³/mol. The highest BCUT2D eigenvalue weighted by Crippen LogP contribution is 2.28. The van der Waals surface area contributed by atoms with E-state index in [0.29, 0.717) is 5.06 Å². The fourth-order valence-electron chi connectivity index (χ4n) is 2.46. The van der Waals surface area contributed by atoms with Crippen molar-refractivity contribution in [1.82, 2.24) is 15.7 Å². The van der Waals surface area contributed by atoms with Gasteiger partial charge in [-0.3, -0.25) is 19.6 Å². The first kappa shape index (κ1) is 24.7. The van der Waals surface area contributed by atoms with Crippen LogP contribution in [0.2, 0.25) is 0 Å². The second-order valence-corrected chi connectivity index (χ2v) is 6.55. The van der Waals surface area contributed by atoms with Crippen LogP contribution in [0.5, 0.6) is 11.5 Å². The van der Waals surface area contributed by atoms with Gasteiger partial charge in [-0.2, -0.15) is 0 Å². The molecule has 166 valence electrons. The van der Waals surface area contributed by atoms with Gasteiger partial charge in [0, 0.05) is 13.5 Å². The zero-order valence-electron chi connectivity index (χ0n) is 16.4. The first-order chi connectivity index (χ1) is 14.0. The number of hydrogen-bond donors (Lipinski definition) is 7. The van der Waals surface area contributed by atoms with E-state index in [1.165, 1.54) is 19.1 Å². The summed E-state index contributed by atoms with van der Waals surface area (Å²) >= 11 is 0. The maximum atomic E-state index is 12.4. The molecular weight excluding hydrogens is 402 g/mol. The van der Waals surface area contributed by atoms with Crippen molar-refractivity contribution >= 4 is 23.7 Å². The minimum absolute atomic E-state index is 0.0518. The summed E-state index contributed by atoms with van der Waals surface area (Å²) in [7, 11) is 0. The molecule has 0 aliphatic heterocycles. The van der Waals surface area contributed by atoms with Gasteiger partial charge in [-0.05, 0) is 31.9 Å². The number of benzene rings is 1. The largest absolute Gasteiger partial charge is 0.504 e. The van der Waals surface area contributed by atoms with Gasteiger partial charge in [0.05, 0.1) is 11.7 Å². The summed E-state index contributed by atoms with van der Waals surface area (Å²) in [6, 6.07) is 0.629. The molecule has 0 spiro atoms. The molecule has 3 amide bonds. The van der Waals surface area contributed by atoms with E-state index >= 15 is 0 Å². The first-order valence-electron chi connectivity index (χ1n) is 8.95. The van der Waals surface area contributed by atoms with Crippen LogP contribution in [0.4, 0.5) is 0 Å². The number of nitrogens with zero attached hydrogens (tertiary/aromatic N) is 1. The molecule has 3 atom stereocenters. The molecule has 12 heteroatoms. The maximum Gasteiger partial charge on any atom is 0.326 e. The fourth-order valence-corrected chi connectivity index (χ4v) is 2.46. The van der Waals surface area contributed by atoms with Crippen molar-refractivity contribution in [2.75, 3.05) is 6.54 Å². The van der Waals surface area contributed by atoms with Gasteiger partial charge in [-0.15, -0.1) is 0 Å². The van der Waals surface area contributed by atoms with E-state index in [1.54, 1.807) is 0 Å². The number of aliphatic carboxylic acids is 1. The van der Waals surface area contributed by atoms with Gasteiger partial charge < -0.3 is 31.1 Å². The van der Waals surface area contributed by atoms with Crippen LogP contribution in [-0.4, -0.2) is 79.1 Å². The van der Waals surface area contributed by atoms with Gasteiger partial charge in [0.2, 0.25) is 11.8 Å². The van der Waals surface area contributed by atoms with Crippen molar-refractivity contribution in [2.45, 2.75) is 44.9 Å². The Morgan fingerprint density at radius 1 is 1.13 bits per heavy atom. The van der Waals surface area contributed by atoms with Gasteiger partial charge in [-0.25, -0.2) is 9.86 Å². The highest BCUT2D eigenvalue weighted by atomic mass is 16.5. The molecule has 0 saturated heterocycles. The zero-order chi connectivity index (χ0) is 23.0. The summed E-state index contributed by atoms with van der Waals surface area (Å²) < 4.78 is 0. The standard InChI is InChI=1S/C18H25N3O9/c1-9(22)14(20-16(26)11-5-3-7-13(24)15(11)25)17(27)19-12(18(28)29)6-4-8-21(30)10(2)23/h3,5,7,9,12,14,22,24-25,30H,4,6,8H2,1-2H3,(H,19,27)(H,20,26)(H,28,29)/t9?,12-,14-/m0/s1. The van der Waals surface area contributed by atoms with Gasteiger partial charge >= 0.3 is 5.97 Å². The van der Waals surface area contributed by atoms with E-state index in [9.17, 15) is 44.8 Å². The van der Waals surface area contributed by atoms with Crippen molar-refractivity contribution < 1.29 is 44.8 Å². The molecular formula is C18H25N3O9. The summed E-state index contributed by atoms with van der Waals surface area (Å²) in [5, 5.41) is 52.4. The van der Waals surface area contributed by atoms with Crippen LogP contribution in [0.25, 0.3) is 0 Å². The third kappa shape index (κ3) is 6.90. The number of carbonyl (C=O) groups excluding carboxylic acids is 3. The average Bonchev–Trinajstić information content (AvgIpc) is 2.66. The van der Waals surface area contributed by atoms with Crippen LogP contribution in [0, 0.1) is 0 Å². The number of para-hydroxylation sites is 1. The van der Waals surface area contributed by atoms with Gasteiger partial charge in [0.25, 0.3) is 5.91 Å². The van der Waals surface area contributed by atoms with E-state index in [-0.39, 0.29) is 24.9 Å². The molecule has 0 saturated carbocycles. The Hall–Kier alpha value is -3.38. The Balaban J connectivity index is 2.83. The number of phenols is 2. The van der Waals surface area contributed by atoms with Gasteiger partial charge in [0.1, 0.15) is 12.1 Å². The quantitative estimate of drug-likeness (QED) is 0.141. The maximum absolute atomic E-state index is 12.4. The fraction of sp³-hybridized carbons (Fsp3) is 0.444. The molecule has 0 fully saturated rings. The lowest BCUT2D eigenvalue weighted by Crippen LogP contribution is -2.55. The van der Waals surface area contributed by atoms with Crippen LogP contribution in [-0.2, 0) is 14.4 Å². The smallest absolute Gasteiger partial charge is 0.326 e. The number of nitrogens with one attached hydrogen (secondary N) is 2. The lowest BCUT2D eigenvalue weighted by molar-refractivity contribution is -0.163. The van der Waals surface area contributed by atoms with E-state index < -0.39 is 53.4 Å². The van der Waals surface area contributed by atoms with Crippen LogP contribution in [0.1, 0.15) is 37.0 Å². The highest BCUT2D eigenvalue weighted by Gasteiger charge is 2.30.